The molecule has 11 rings (SSSR count). The van der Waals surface area contributed by atoms with Crippen LogP contribution in [0.15, 0.2) is 200 Å². The average Bonchev–Trinajstić information content (AvgIpc) is 3.35. The van der Waals surface area contributed by atoms with Crippen LogP contribution in [0.4, 0.5) is 28.4 Å². The van der Waals surface area contributed by atoms with Crippen LogP contribution in [0.3, 0.4) is 0 Å². The van der Waals surface area contributed by atoms with Gasteiger partial charge in [0.15, 0.2) is 7.28 Å². The molecule has 0 saturated heterocycles. The predicted molar refractivity (Wildman–Crippen MR) is 289 cm³/mol. The van der Waals surface area contributed by atoms with Gasteiger partial charge in [-0.2, -0.15) is 0 Å². The van der Waals surface area contributed by atoms with E-state index >= 15 is 0 Å². The minimum absolute atomic E-state index is 0.0568. The highest BCUT2D eigenvalue weighted by molar-refractivity contribution is 6.73. The summed E-state index contributed by atoms with van der Waals surface area (Å²) in [7, 11) is 0.817. The van der Waals surface area contributed by atoms with Crippen LogP contribution >= 0.6 is 0 Å². The number of benzene rings is 9. The van der Waals surface area contributed by atoms with Gasteiger partial charge >= 0.3 is 0 Å². The topological polar surface area (TPSA) is 15.3 Å². The molecular weight excluding hydrogens is 808 g/mol. The molecule has 0 bridgehead atoms. The molecule has 1 heterocycles. The molecule has 0 atom stereocenters. The summed E-state index contributed by atoms with van der Waals surface area (Å²) >= 11 is 0. The standard InChI is InChI=1S/C64H57BN2/c1-42-18-16-17-25-52(42)50-36-54(53-33-30-48(45-21-12-8-13-22-45)37-58(53)66-51-31-28-47(29-32-51)44-19-10-7-11-20-44)62-61(39-50)67(59-38-49(27-26-43(59)2)46-23-14-9-15-24-46)60-41-56-55(40-57(60)65-62)63(3,4)34-35-64(56,5)6/h7-33,36-41,65-66H,34-35H2,1-6H3. The molecule has 3 heteroatoms. The first kappa shape index (κ1) is 42.3. The molecule has 0 radical (unpaired) electrons. The molecule has 0 aromatic heterocycles. The second kappa shape index (κ2) is 16.8. The minimum atomic E-state index is 0.0568. The molecule has 1 aliphatic carbocycles. The van der Waals surface area contributed by atoms with Crippen LogP contribution in [0.5, 0.6) is 0 Å². The summed E-state index contributed by atoms with van der Waals surface area (Å²) in [6.07, 6.45) is 2.33. The number of anilines is 5. The van der Waals surface area contributed by atoms with Crippen molar-refractivity contribution >= 4 is 46.6 Å². The van der Waals surface area contributed by atoms with E-state index in [4.69, 9.17) is 0 Å². The van der Waals surface area contributed by atoms with E-state index in [0.29, 0.717) is 0 Å². The fraction of sp³-hybridized carbons (Fsp3) is 0.156. The number of nitrogens with zero attached hydrogens (tertiary/aromatic N) is 1. The van der Waals surface area contributed by atoms with E-state index in [9.17, 15) is 0 Å². The van der Waals surface area contributed by atoms with Gasteiger partial charge in [-0.15, -0.1) is 0 Å². The van der Waals surface area contributed by atoms with Gasteiger partial charge in [0, 0.05) is 34.0 Å². The van der Waals surface area contributed by atoms with E-state index in [1.807, 2.05) is 0 Å². The highest BCUT2D eigenvalue weighted by Crippen LogP contribution is 2.50. The molecule has 9 aromatic carbocycles. The molecule has 1 N–H and O–H groups in total. The molecule has 2 aliphatic rings. The van der Waals surface area contributed by atoms with Crippen molar-refractivity contribution < 1.29 is 0 Å². The summed E-state index contributed by atoms with van der Waals surface area (Å²) in [6, 6.07) is 74.2. The van der Waals surface area contributed by atoms with E-state index in [1.165, 1.54) is 112 Å². The third-order valence-electron chi connectivity index (χ3n) is 14.8. The number of aryl methyl sites for hydroxylation is 2. The zero-order valence-corrected chi connectivity index (χ0v) is 39.6. The normalized spacial score (nSPS) is 14.3. The molecule has 0 fully saturated rings. The Bertz CT molecular complexity index is 3300. The predicted octanol–water partition coefficient (Wildman–Crippen LogP) is 15.9. The van der Waals surface area contributed by atoms with E-state index < -0.39 is 0 Å². The lowest BCUT2D eigenvalue weighted by Crippen LogP contribution is -2.44. The van der Waals surface area contributed by atoms with Crippen LogP contribution in [-0.4, -0.2) is 7.28 Å². The van der Waals surface area contributed by atoms with Gasteiger partial charge in [0.2, 0.25) is 0 Å². The summed E-state index contributed by atoms with van der Waals surface area (Å²) in [5.74, 6) is 0. The summed E-state index contributed by atoms with van der Waals surface area (Å²) in [5, 5.41) is 3.98. The lowest BCUT2D eigenvalue weighted by atomic mass is 9.55. The molecule has 0 saturated carbocycles. The SMILES string of the molecule is Cc1ccccc1-c1cc(-c2ccc(-c3ccccc3)cc2Nc2ccc(-c3ccccc3)cc2)c2c(c1)N(c1cc(-c3ccccc3)ccc1C)c1cc3c(cc1B2)C(C)(C)CCC3(C)C. The van der Waals surface area contributed by atoms with Crippen molar-refractivity contribution in [3.63, 3.8) is 0 Å². The summed E-state index contributed by atoms with van der Waals surface area (Å²) in [4.78, 5) is 2.63. The molecule has 67 heavy (non-hydrogen) atoms. The van der Waals surface area contributed by atoms with E-state index in [2.05, 4.69) is 252 Å². The Hall–Kier alpha value is -7.36. The monoisotopic (exact) mass is 864 g/mol. The first-order valence-corrected chi connectivity index (χ1v) is 24.0. The second-order valence-electron chi connectivity index (χ2n) is 20.2. The number of nitrogens with one attached hydrogen (secondary N) is 1. The van der Waals surface area contributed by atoms with Gasteiger partial charge in [-0.05, 0) is 158 Å². The molecule has 0 unspecified atom stereocenters. The lowest BCUT2D eigenvalue weighted by Gasteiger charge is -2.44. The Morgan fingerprint density at radius 3 is 1.57 bits per heavy atom. The largest absolute Gasteiger partial charge is 0.355 e. The van der Waals surface area contributed by atoms with Crippen molar-refractivity contribution in [1.29, 1.82) is 0 Å². The zero-order chi connectivity index (χ0) is 45.9. The van der Waals surface area contributed by atoms with Crippen LogP contribution in [0.1, 0.15) is 62.8 Å². The van der Waals surface area contributed by atoms with Gasteiger partial charge < -0.3 is 10.2 Å². The maximum atomic E-state index is 3.98. The highest BCUT2D eigenvalue weighted by atomic mass is 15.2. The first-order chi connectivity index (χ1) is 32.5. The van der Waals surface area contributed by atoms with Crippen LogP contribution < -0.4 is 21.1 Å². The van der Waals surface area contributed by atoms with E-state index in [1.54, 1.807) is 0 Å². The fourth-order valence-electron chi connectivity index (χ4n) is 10.8. The molecule has 2 nitrogen and oxygen atoms in total. The van der Waals surface area contributed by atoms with Crippen LogP contribution in [0.25, 0.3) is 55.6 Å². The Balaban J connectivity index is 1.18. The van der Waals surface area contributed by atoms with Gasteiger partial charge in [0.1, 0.15) is 0 Å². The minimum Gasteiger partial charge on any atom is -0.355 e. The van der Waals surface area contributed by atoms with Gasteiger partial charge in [0.25, 0.3) is 0 Å². The molecule has 326 valence electrons. The van der Waals surface area contributed by atoms with Crippen LogP contribution in [0, 0.1) is 13.8 Å². The lowest BCUT2D eigenvalue weighted by molar-refractivity contribution is 0.332. The van der Waals surface area contributed by atoms with Gasteiger partial charge in [-0.3, -0.25) is 0 Å². The zero-order valence-electron chi connectivity index (χ0n) is 39.6. The van der Waals surface area contributed by atoms with Gasteiger partial charge in [0.05, 0.1) is 0 Å². The number of hydrogen-bond donors (Lipinski definition) is 1. The Labute approximate surface area is 398 Å². The quantitative estimate of drug-likeness (QED) is 0.153. The molecular formula is C64H57BN2. The van der Waals surface area contributed by atoms with E-state index in [-0.39, 0.29) is 10.8 Å². The molecule has 9 aromatic rings. The number of rotatable bonds is 8. The highest BCUT2D eigenvalue weighted by Gasteiger charge is 2.40. The number of fused-ring (bicyclic) bond motifs is 3. The summed E-state index contributed by atoms with van der Waals surface area (Å²) in [6.45, 7) is 14.3. The van der Waals surface area contributed by atoms with Crippen LogP contribution in [-0.2, 0) is 10.8 Å². The third kappa shape index (κ3) is 7.87. The summed E-state index contributed by atoms with van der Waals surface area (Å²) < 4.78 is 0. The fourth-order valence-corrected chi connectivity index (χ4v) is 10.8. The van der Waals surface area contributed by atoms with Crippen molar-refractivity contribution in [2.24, 2.45) is 0 Å². The van der Waals surface area contributed by atoms with Crippen molar-refractivity contribution in [1.82, 2.24) is 0 Å². The average molecular weight is 865 g/mol. The van der Waals surface area contributed by atoms with Crippen molar-refractivity contribution in [2.45, 2.75) is 65.2 Å². The van der Waals surface area contributed by atoms with E-state index in [0.717, 1.165) is 25.1 Å². The third-order valence-corrected chi connectivity index (χ3v) is 14.8. The molecule has 0 spiro atoms. The number of hydrogen-bond acceptors (Lipinski definition) is 2. The first-order valence-electron chi connectivity index (χ1n) is 24.0. The van der Waals surface area contributed by atoms with Crippen molar-refractivity contribution in [3.05, 3.63) is 222 Å². The van der Waals surface area contributed by atoms with Crippen molar-refractivity contribution in [3.8, 4) is 55.6 Å². The second-order valence-corrected chi connectivity index (χ2v) is 20.2. The van der Waals surface area contributed by atoms with Crippen molar-refractivity contribution in [2.75, 3.05) is 10.2 Å². The van der Waals surface area contributed by atoms with Gasteiger partial charge in [-0.1, -0.05) is 191 Å². The smallest absolute Gasteiger partial charge is 0.198 e. The Morgan fingerprint density at radius 2 is 0.925 bits per heavy atom. The summed E-state index contributed by atoms with van der Waals surface area (Å²) in [5.41, 5.74) is 26.2. The maximum absolute atomic E-state index is 3.98. The molecule has 0 amide bonds. The Kier molecular flexibility index (Phi) is 10.6. The maximum Gasteiger partial charge on any atom is 0.198 e. The Morgan fingerprint density at radius 1 is 0.403 bits per heavy atom. The van der Waals surface area contributed by atoms with Gasteiger partial charge in [-0.25, -0.2) is 0 Å². The molecule has 1 aliphatic heterocycles. The van der Waals surface area contributed by atoms with Crippen LogP contribution in [0.2, 0.25) is 0 Å².